The molecule has 63 heavy (non-hydrogen) atoms. The predicted octanol–water partition coefficient (Wildman–Crippen LogP) is 17.9. The number of hydrogen-bond acceptors (Lipinski definition) is 4. The maximum Gasteiger partial charge on any atom is 0.249 e. The number of rotatable bonds is 54. The standard InChI is InChI=1S/C58H115NO4/c1-3-5-7-9-11-13-15-17-19-21-23-25-27-28-29-31-33-35-37-39-41-43-45-47-49-51-53-57(62)58(63)59-55(54-60)56(61)52-50-48-46-44-42-40-38-36-34-32-30-26-24-22-20-18-16-14-12-10-8-6-4-2/h50,52,55-57,60-62H,3-49,51,53-54H2,1-2H3,(H,59,63)/b52-50+. The van der Waals surface area contributed by atoms with Crippen molar-refractivity contribution >= 4 is 5.91 Å². The lowest BCUT2D eigenvalue weighted by Gasteiger charge is -2.21. The maximum atomic E-state index is 12.6. The summed E-state index contributed by atoms with van der Waals surface area (Å²) < 4.78 is 0. The first kappa shape index (κ1) is 62.1. The van der Waals surface area contributed by atoms with Crippen LogP contribution in [0.2, 0.25) is 0 Å². The molecule has 1 amide bonds. The van der Waals surface area contributed by atoms with Crippen LogP contribution in [0.1, 0.15) is 328 Å². The molecule has 0 aliphatic heterocycles. The van der Waals surface area contributed by atoms with Crippen molar-refractivity contribution in [2.24, 2.45) is 0 Å². The molecule has 0 rings (SSSR count). The summed E-state index contributed by atoms with van der Waals surface area (Å²) >= 11 is 0. The first-order valence-electron chi connectivity index (χ1n) is 29.0. The van der Waals surface area contributed by atoms with Gasteiger partial charge in [0.05, 0.1) is 18.8 Å². The van der Waals surface area contributed by atoms with E-state index < -0.39 is 24.2 Å². The van der Waals surface area contributed by atoms with Gasteiger partial charge in [-0.25, -0.2) is 0 Å². The van der Waals surface area contributed by atoms with E-state index >= 15 is 0 Å². The summed E-state index contributed by atoms with van der Waals surface area (Å²) in [6.07, 6.45) is 67.3. The molecule has 0 spiro atoms. The van der Waals surface area contributed by atoms with E-state index in [1.807, 2.05) is 6.08 Å². The van der Waals surface area contributed by atoms with Crippen LogP contribution in [0.4, 0.5) is 0 Å². The number of carbonyl (C=O) groups excluding carboxylic acids is 1. The van der Waals surface area contributed by atoms with Crippen LogP contribution < -0.4 is 5.32 Å². The molecule has 5 heteroatoms. The lowest BCUT2D eigenvalue weighted by molar-refractivity contribution is -0.131. The molecular weight excluding hydrogens is 775 g/mol. The van der Waals surface area contributed by atoms with Crippen molar-refractivity contribution in [3.05, 3.63) is 12.2 Å². The summed E-state index contributed by atoms with van der Waals surface area (Å²) in [6.45, 7) is 4.23. The van der Waals surface area contributed by atoms with Gasteiger partial charge >= 0.3 is 0 Å². The van der Waals surface area contributed by atoms with E-state index in [0.717, 1.165) is 32.1 Å². The van der Waals surface area contributed by atoms with Gasteiger partial charge in [-0.3, -0.25) is 4.79 Å². The molecule has 0 aromatic carbocycles. The molecule has 0 aromatic rings. The quantitative estimate of drug-likeness (QED) is 0.0362. The fraction of sp³-hybridized carbons (Fsp3) is 0.948. The number of carbonyl (C=O) groups is 1. The summed E-state index contributed by atoms with van der Waals surface area (Å²) in [5, 5.41) is 33.4. The van der Waals surface area contributed by atoms with E-state index in [1.54, 1.807) is 6.08 Å². The Bertz CT molecular complexity index is 894. The Labute approximate surface area is 395 Å². The van der Waals surface area contributed by atoms with E-state index in [2.05, 4.69) is 19.2 Å². The van der Waals surface area contributed by atoms with Gasteiger partial charge in [0.2, 0.25) is 5.91 Å². The molecule has 5 nitrogen and oxygen atoms in total. The SMILES string of the molecule is CCCCCCCCCCCCCCCCCCCCCCC/C=C/C(O)C(CO)NC(=O)C(O)CCCCCCCCCCCCCCCCCCCCCCCCCCCC. The molecule has 0 aliphatic carbocycles. The number of nitrogens with one attached hydrogen (secondary N) is 1. The minimum Gasteiger partial charge on any atom is -0.394 e. The third-order valence-corrected chi connectivity index (χ3v) is 13.9. The monoisotopic (exact) mass is 890 g/mol. The number of aliphatic hydroxyl groups excluding tert-OH is 3. The summed E-state index contributed by atoms with van der Waals surface area (Å²) in [5.41, 5.74) is 0. The number of hydrogen-bond donors (Lipinski definition) is 4. The van der Waals surface area contributed by atoms with Crippen LogP contribution in [0, 0.1) is 0 Å². The van der Waals surface area contributed by atoms with Crippen LogP contribution in [0.5, 0.6) is 0 Å². The van der Waals surface area contributed by atoms with Crippen LogP contribution in [-0.4, -0.2) is 46.1 Å². The predicted molar refractivity (Wildman–Crippen MR) is 278 cm³/mol. The Morgan fingerprint density at radius 1 is 0.381 bits per heavy atom. The van der Waals surface area contributed by atoms with Crippen LogP contribution in [0.3, 0.4) is 0 Å². The highest BCUT2D eigenvalue weighted by atomic mass is 16.3. The van der Waals surface area contributed by atoms with Crippen LogP contribution in [-0.2, 0) is 4.79 Å². The van der Waals surface area contributed by atoms with Gasteiger partial charge in [0.25, 0.3) is 0 Å². The Kier molecular flexibility index (Phi) is 52.9. The molecule has 4 N–H and O–H groups in total. The number of aliphatic hydroxyl groups is 3. The van der Waals surface area contributed by atoms with Gasteiger partial charge in [-0.05, 0) is 19.3 Å². The summed E-state index contributed by atoms with van der Waals surface area (Å²) in [5.74, 6) is -0.495. The number of allylic oxidation sites excluding steroid dienone is 1. The molecule has 0 aliphatic rings. The zero-order valence-corrected chi connectivity index (χ0v) is 43.0. The van der Waals surface area contributed by atoms with Crippen molar-refractivity contribution in [3.63, 3.8) is 0 Å². The fourth-order valence-corrected chi connectivity index (χ4v) is 9.37. The topological polar surface area (TPSA) is 89.8 Å². The zero-order valence-electron chi connectivity index (χ0n) is 43.0. The number of amides is 1. The van der Waals surface area contributed by atoms with Crippen molar-refractivity contribution in [2.75, 3.05) is 6.61 Å². The Hall–Kier alpha value is -0.910. The molecule has 0 heterocycles. The second-order valence-electron chi connectivity index (χ2n) is 20.2. The lowest BCUT2D eigenvalue weighted by Crippen LogP contribution is -2.48. The van der Waals surface area contributed by atoms with Gasteiger partial charge in [-0.15, -0.1) is 0 Å². The molecule has 0 bridgehead atoms. The van der Waals surface area contributed by atoms with Gasteiger partial charge < -0.3 is 20.6 Å². The van der Waals surface area contributed by atoms with Gasteiger partial charge in [0.15, 0.2) is 0 Å². The second-order valence-corrected chi connectivity index (χ2v) is 20.2. The minimum absolute atomic E-state index is 0.358. The Morgan fingerprint density at radius 2 is 0.619 bits per heavy atom. The molecule has 0 radical (unpaired) electrons. The largest absolute Gasteiger partial charge is 0.394 e. The van der Waals surface area contributed by atoms with Crippen LogP contribution in [0.15, 0.2) is 12.2 Å². The van der Waals surface area contributed by atoms with Crippen molar-refractivity contribution in [2.45, 2.75) is 347 Å². The smallest absolute Gasteiger partial charge is 0.249 e. The van der Waals surface area contributed by atoms with Gasteiger partial charge in [0.1, 0.15) is 6.10 Å². The van der Waals surface area contributed by atoms with Crippen LogP contribution in [0.25, 0.3) is 0 Å². The fourth-order valence-electron chi connectivity index (χ4n) is 9.37. The third-order valence-electron chi connectivity index (χ3n) is 13.9. The average molecular weight is 891 g/mol. The Balaban J connectivity index is 3.53. The van der Waals surface area contributed by atoms with Gasteiger partial charge in [-0.2, -0.15) is 0 Å². The zero-order chi connectivity index (χ0) is 45.8. The molecule has 0 saturated carbocycles. The molecule has 3 atom stereocenters. The van der Waals surface area contributed by atoms with E-state index in [0.29, 0.717) is 6.42 Å². The van der Waals surface area contributed by atoms with Gasteiger partial charge in [-0.1, -0.05) is 321 Å². The normalized spacial score (nSPS) is 13.3. The number of unbranched alkanes of at least 4 members (excludes halogenated alkanes) is 46. The first-order valence-corrected chi connectivity index (χ1v) is 29.0. The first-order chi connectivity index (χ1) is 31.1. The average Bonchev–Trinajstić information content (AvgIpc) is 3.29. The highest BCUT2D eigenvalue weighted by Crippen LogP contribution is 2.18. The Morgan fingerprint density at radius 3 is 0.873 bits per heavy atom. The summed E-state index contributed by atoms with van der Waals surface area (Å²) in [7, 11) is 0. The van der Waals surface area contributed by atoms with Crippen molar-refractivity contribution in [1.29, 1.82) is 0 Å². The second kappa shape index (κ2) is 53.7. The van der Waals surface area contributed by atoms with E-state index in [9.17, 15) is 20.1 Å². The van der Waals surface area contributed by atoms with Crippen molar-refractivity contribution < 1.29 is 20.1 Å². The molecule has 0 saturated heterocycles. The summed E-state index contributed by atoms with van der Waals surface area (Å²) in [4.78, 5) is 12.6. The van der Waals surface area contributed by atoms with E-state index in [4.69, 9.17) is 0 Å². The minimum atomic E-state index is -1.09. The van der Waals surface area contributed by atoms with E-state index in [1.165, 1.54) is 276 Å². The molecule has 3 unspecified atom stereocenters. The van der Waals surface area contributed by atoms with Crippen molar-refractivity contribution in [1.82, 2.24) is 5.32 Å². The molecule has 0 aromatic heterocycles. The van der Waals surface area contributed by atoms with E-state index in [-0.39, 0.29) is 6.61 Å². The van der Waals surface area contributed by atoms with Gasteiger partial charge in [0, 0.05) is 0 Å². The van der Waals surface area contributed by atoms with Crippen molar-refractivity contribution in [3.8, 4) is 0 Å². The lowest BCUT2D eigenvalue weighted by atomic mass is 10.0. The van der Waals surface area contributed by atoms with Crippen LogP contribution >= 0.6 is 0 Å². The molecular formula is C58H115NO4. The highest BCUT2D eigenvalue weighted by Gasteiger charge is 2.22. The highest BCUT2D eigenvalue weighted by molar-refractivity contribution is 5.80. The molecule has 376 valence electrons. The maximum absolute atomic E-state index is 12.6. The third kappa shape index (κ3) is 48.8. The summed E-state index contributed by atoms with van der Waals surface area (Å²) in [6, 6.07) is -0.794. The molecule has 0 fully saturated rings.